The van der Waals surface area contributed by atoms with Crippen LogP contribution in [0.1, 0.15) is 19.0 Å². The number of fused-ring (bicyclic) bond motifs is 4. The molecule has 0 amide bonds. The third kappa shape index (κ3) is 3.26. The molecule has 1 aliphatic heterocycles. The molecular formula is C29H35N3Si. The molecule has 0 spiro atoms. The van der Waals surface area contributed by atoms with Gasteiger partial charge in [-0.1, -0.05) is 92.9 Å². The number of rotatable bonds is 4. The lowest BCUT2D eigenvalue weighted by Gasteiger charge is -2.48. The number of nitrogens with zero attached hydrogens (tertiary/aromatic N) is 2. The van der Waals surface area contributed by atoms with Gasteiger partial charge in [0.05, 0.1) is 17.9 Å². The van der Waals surface area contributed by atoms with Crippen LogP contribution in [0.15, 0.2) is 91.2 Å². The molecule has 5 aliphatic rings. The summed E-state index contributed by atoms with van der Waals surface area (Å²) in [4.78, 5) is 4.70. The predicted molar refractivity (Wildman–Crippen MR) is 140 cm³/mol. The van der Waals surface area contributed by atoms with Crippen LogP contribution in [0.3, 0.4) is 0 Å². The fourth-order valence-corrected chi connectivity index (χ4v) is 12.6. The first-order chi connectivity index (χ1) is 16.1. The largest absolute Gasteiger partial charge is 0.301 e. The van der Waals surface area contributed by atoms with Crippen LogP contribution in [-0.2, 0) is 0 Å². The summed E-state index contributed by atoms with van der Waals surface area (Å²) in [5.74, 6) is 2.54. The van der Waals surface area contributed by atoms with E-state index in [1.165, 1.54) is 5.57 Å². The lowest BCUT2D eigenvalue weighted by atomic mass is 9.83. The van der Waals surface area contributed by atoms with E-state index < -0.39 is 8.24 Å². The van der Waals surface area contributed by atoms with E-state index in [-0.39, 0.29) is 0 Å². The molecule has 1 N–H and O–H groups in total. The number of allylic oxidation sites excluding steroid dienone is 10. The molecule has 2 fully saturated rings. The number of aromatic nitrogens is 1. The van der Waals surface area contributed by atoms with Gasteiger partial charge in [0.1, 0.15) is 8.24 Å². The average Bonchev–Trinajstić information content (AvgIpc) is 3.41. The van der Waals surface area contributed by atoms with Crippen molar-refractivity contribution in [2.75, 3.05) is 0 Å². The summed E-state index contributed by atoms with van der Waals surface area (Å²) in [6, 6.07) is 6.95. The predicted octanol–water partition coefficient (Wildman–Crippen LogP) is 5.72. The molecule has 7 atom stereocenters. The first-order valence-corrected chi connectivity index (χ1v) is 15.7. The molecule has 0 radical (unpaired) electrons. The molecule has 1 aromatic rings. The fourth-order valence-electron chi connectivity index (χ4n) is 7.63. The Morgan fingerprint density at radius 2 is 1.55 bits per heavy atom. The highest BCUT2D eigenvalue weighted by Gasteiger charge is 2.59. The minimum absolute atomic E-state index is 0.304. The van der Waals surface area contributed by atoms with Gasteiger partial charge >= 0.3 is 0 Å². The second-order valence-electron chi connectivity index (χ2n) is 10.7. The highest BCUT2D eigenvalue weighted by molar-refractivity contribution is 6.76. The zero-order valence-electron chi connectivity index (χ0n) is 19.9. The molecule has 2 heterocycles. The second-order valence-corrected chi connectivity index (χ2v) is 15.2. The number of pyridine rings is 1. The summed E-state index contributed by atoms with van der Waals surface area (Å²) in [6.45, 7) is 7.64. The van der Waals surface area contributed by atoms with Gasteiger partial charge in [-0.25, -0.2) is 0 Å². The summed E-state index contributed by atoms with van der Waals surface area (Å²) in [6.07, 6.45) is 29.6. The van der Waals surface area contributed by atoms with Gasteiger partial charge < -0.3 is 4.57 Å². The van der Waals surface area contributed by atoms with E-state index in [0.29, 0.717) is 47.5 Å². The van der Waals surface area contributed by atoms with Gasteiger partial charge in [0.15, 0.2) is 0 Å². The molecule has 5 unspecified atom stereocenters. The zero-order chi connectivity index (χ0) is 22.6. The fraction of sp³-hybridized carbons (Fsp3) is 0.414. The molecule has 33 heavy (non-hydrogen) atoms. The van der Waals surface area contributed by atoms with Gasteiger partial charge in [0, 0.05) is 12.2 Å². The molecule has 1 saturated carbocycles. The molecule has 6 rings (SSSR count). The third-order valence-corrected chi connectivity index (χ3v) is 13.2. The Labute approximate surface area is 199 Å². The maximum Gasteiger partial charge on any atom is 0.129 e. The van der Waals surface area contributed by atoms with Gasteiger partial charge in [-0.3, -0.25) is 10.3 Å². The number of nitrogens with one attached hydrogen (secondary N) is 1. The van der Waals surface area contributed by atoms with Crippen molar-refractivity contribution in [1.82, 2.24) is 14.9 Å². The summed E-state index contributed by atoms with van der Waals surface area (Å²) >= 11 is 0. The van der Waals surface area contributed by atoms with E-state index in [4.69, 9.17) is 4.98 Å². The van der Waals surface area contributed by atoms with E-state index in [0.717, 1.165) is 12.1 Å². The maximum atomic E-state index is 4.70. The van der Waals surface area contributed by atoms with Crippen LogP contribution in [0.2, 0.25) is 18.6 Å². The molecule has 4 heteroatoms. The summed E-state index contributed by atoms with van der Waals surface area (Å²) in [5, 5.41) is 4.05. The molecule has 3 nitrogen and oxygen atoms in total. The zero-order valence-corrected chi connectivity index (χ0v) is 20.9. The maximum absolute atomic E-state index is 4.70. The van der Waals surface area contributed by atoms with Crippen molar-refractivity contribution in [2.24, 2.45) is 23.7 Å². The monoisotopic (exact) mass is 453 g/mol. The third-order valence-electron chi connectivity index (χ3n) is 8.84. The summed E-state index contributed by atoms with van der Waals surface area (Å²) in [5.41, 5.74) is 3.13. The van der Waals surface area contributed by atoms with Crippen molar-refractivity contribution in [1.29, 1.82) is 0 Å². The summed E-state index contributed by atoms with van der Waals surface area (Å²) in [7, 11) is -1.87. The van der Waals surface area contributed by atoms with Crippen LogP contribution in [0.5, 0.6) is 0 Å². The molecule has 170 valence electrons. The smallest absolute Gasteiger partial charge is 0.129 e. The molecule has 0 bridgehead atoms. The minimum atomic E-state index is -1.87. The Kier molecular flexibility index (Phi) is 5.28. The van der Waals surface area contributed by atoms with E-state index in [1.807, 2.05) is 12.3 Å². The van der Waals surface area contributed by atoms with E-state index in [1.54, 1.807) is 0 Å². The normalized spacial score (nSPS) is 38.8. The first-order valence-electron chi connectivity index (χ1n) is 12.7. The number of hydrogen-bond donors (Lipinski definition) is 1. The van der Waals surface area contributed by atoms with Crippen molar-refractivity contribution < 1.29 is 0 Å². The molecule has 1 aromatic heterocycles. The van der Waals surface area contributed by atoms with Crippen LogP contribution in [-0.4, -0.2) is 36.0 Å². The number of hydrogen-bond acceptors (Lipinski definition) is 3. The van der Waals surface area contributed by atoms with Crippen LogP contribution >= 0.6 is 0 Å². The van der Waals surface area contributed by atoms with Crippen molar-refractivity contribution in [3.63, 3.8) is 0 Å². The van der Waals surface area contributed by atoms with Crippen LogP contribution in [0.25, 0.3) is 5.57 Å². The van der Waals surface area contributed by atoms with Crippen LogP contribution in [0.4, 0.5) is 0 Å². The first kappa shape index (κ1) is 21.3. The molecule has 0 aromatic carbocycles. The van der Waals surface area contributed by atoms with Gasteiger partial charge in [-0.05, 0) is 53.3 Å². The average molecular weight is 454 g/mol. The molecule has 1 saturated heterocycles. The quantitative estimate of drug-likeness (QED) is 0.591. The van der Waals surface area contributed by atoms with Crippen molar-refractivity contribution in [3.05, 3.63) is 96.9 Å². The van der Waals surface area contributed by atoms with Crippen LogP contribution < -0.4 is 5.32 Å². The van der Waals surface area contributed by atoms with Crippen molar-refractivity contribution >= 4 is 13.8 Å². The second kappa shape index (κ2) is 8.19. The Bertz CT molecular complexity index is 1050. The Morgan fingerprint density at radius 3 is 2.15 bits per heavy atom. The van der Waals surface area contributed by atoms with E-state index in [2.05, 4.69) is 109 Å². The minimum Gasteiger partial charge on any atom is -0.301 e. The van der Waals surface area contributed by atoms with E-state index in [9.17, 15) is 0 Å². The highest BCUT2D eigenvalue weighted by Crippen LogP contribution is 2.59. The standard InChI is InChI=1S/C29H35N3Si/c1-4-27-31-28-24(25-17-9-10-19-30-25)16-11-18-26(28)32(27)33(2,3)29-22-14-7-5-12-20(22)21-13-6-8-15-23(21)29/h5-23,26-29,31H,4H2,1-3H3/t20?,21?,22?,23?,26-,27+,28?,29?/m1/s1. The molecule has 4 aliphatic carbocycles. The lowest BCUT2D eigenvalue weighted by molar-refractivity contribution is 0.312. The van der Waals surface area contributed by atoms with Gasteiger partial charge in [-0.15, -0.1) is 0 Å². The van der Waals surface area contributed by atoms with Crippen molar-refractivity contribution in [3.8, 4) is 0 Å². The lowest BCUT2D eigenvalue weighted by Crippen LogP contribution is -2.60. The van der Waals surface area contributed by atoms with Gasteiger partial charge in [0.25, 0.3) is 0 Å². The van der Waals surface area contributed by atoms with Crippen LogP contribution in [0, 0.1) is 23.7 Å². The Hall–Kier alpha value is -2.27. The van der Waals surface area contributed by atoms with E-state index >= 15 is 0 Å². The highest BCUT2D eigenvalue weighted by atomic mass is 28.3. The van der Waals surface area contributed by atoms with Crippen molar-refractivity contribution in [2.45, 2.75) is 50.2 Å². The SMILES string of the molecule is CC[C@H]1NC2C(c3ccccn3)=CC=C[C@H]2N1[Si](C)(C)C1C2C=CC=CC2C2C=CC=CC21. The van der Waals surface area contributed by atoms with Gasteiger partial charge in [0.2, 0.25) is 0 Å². The Balaban J connectivity index is 1.38. The molecular weight excluding hydrogens is 418 g/mol. The summed E-state index contributed by atoms with van der Waals surface area (Å²) < 4.78 is 2.95. The topological polar surface area (TPSA) is 28.2 Å². The Morgan fingerprint density at radius 1 is 0.879 bits per heavy atom. The van der Waals surface area contributed by atoms with Gasteiger partial charge in [-0.2, -0.15) is 0 Å².